The molecule has 8 unspecified atom stereocenters. The van der Waals surface area contributed by atoms with E-state index in [1.165, 1.54) is 0 Å². The van der Waals surface area contributed by atoms with Gasteiger partial charge in [0.2, 0.25) is 11.7 Å². The van der Waals surface area contributed by atoms with Crippen molar-refractivity contribution in [2.24, 2.45) is 0 Å². The summed E-state index contributed by atoms with van der Waals surface area (Å²) in [7, 11) is 0. The van der Waals surface area contributed by atoms with Crippen LogP contribution in [0.5, 0.6) is 0 Å². The van der Waals surface area contributed by atoms with Gasteiger partial charge in [-0.05, 0) is 17.7 Å². The van der Waals surface area contributed by atoms with E-state index in [1.807, 2.05) is 60.7 Å². The minimum atomic E-state index is -1.57. The van der Waals surface area contributed by atoms with Gasteiger partial charge in [-0.25, -0.2) is 4.79 Å². The fraction of sp³-hybridized carbons (Fsp3) is 0.368. The van der Waals surface area contributed by atoms with Crippen LogP contribution in [-0.4, -0.2) is 113 Å². The Kier molecular flexibility index (Phi) is 11.7. The average Bonchev–Trinajstić information content (AvgIpc) is 3.57. The number of benzene rings is 3. The van der Waals surface area contributed by atoms with E-state index in [0.717, 1.165) is 11.1 Å². The van der Waals surface area contributed by atoms with E-state index in [2.05, 4.69) is 5.32 Å². The second-order valence-corrected chi connectivity index (χ2v) is 12.4. The minimum Gasteiger partial charge on any atom is -0.456 e. The quantitative estimate of drug-likeness (QED) is 0.148. The molecule has 3 aliphatic rings. The molecule has 0 radical (unpaired) electrons. The van der Waals surface area contributed by atoms with E-state index in [-0.39, 0.29) is 31.7 Å². The van der Waals surface area contributed by atoms with Crippen molar-refractivity contribution < 1.29 is 58.8 Å². The lowest BCUT2D eigenvalue weighted by Gasteiger charge is -2.39. The van der Waals surface area contributed by atoms with Gasteiger partial charge >= 0.3 is 5.97 Å². The van der Waals surface area contributed by atoms with Crippen molar-refractivity contribution >= 4 is 18.0 Å². The summed E-state index contributed by atoms with van der Waals surface area (Å²) in [5.41, 5.74) is 2.46. The van der Waals surface area contributed by atoms with Gasteiger partial charge in [-0.3, -0.25) is 4.79 Å². The summed E-state index contributed by atoms with van der Waals surface area (Å²) in [6.07, 6.45) is -4.67. The van der Waals surface area contributed by atoms with Gasteiger partial charge in [0, 0.05) is 29.7 Å². The number of hydrogen-bond acceptors (Lipinski definition) is 12. The number of carbonyl (C=O) groups excluding carboxylic acids is 2. The summed E-state index contributed by atoms with van der Waals surface area (Å²) < 4.78 is 30.5. The molecule has 51 heavy (non-hydrogen) atoms. The highest BCUT2D eigenvalue weighted by molar-refractivity contribution is 5.95. The van der Waals surface area contributed by atoms with Gasteiger partial charge in [0.05, 0.1) is 25.4 Å². The molecule has 2 saturated heterocycles. The zero-order chi connectivity index (χ0) is 36.0. The van der Waals surface area contributed by atoms with Crippen molar-refractivity contribution in [3.8, 4) is 0 Å². The lowest BCUT2D eigenvalue weighted by Crippen LogP contribution is -2.59. The molecule has 0 saturated carbocycles. The van der Waals surface area contributed by atoms with E-state index >= 15 is 0 Å². The number of rotatable bonds is 12. The number of aliphatic hydroxyl groups is 5. The van der Waals surface area contributed by atoms with Gasteiger partial charge in [0.1, 0.15) is 42.7 Å². The number of nitrogens with one attached hydrogen (secondary N) is 1. The number of fused-ring (bicyclic) bond motifs is 1. The minimum absolute atomic E-state index is 0.0259. The first kappa shape index (κ1) is 36.5. The molecule has 13 heteroatoms. The lowest BCUT2D eigenvalue weighted by atomic mass is 9.91. The Morgan fingerprint density at radius 3 is 2.20 bits per heavy atom. The highest BCUT2D eigenvalue weighted by Crippen LogP contribution is 2.47. The Morgan fingerprint density at radius 1 is 0.863 bits per heavy atom. The third kappa shape index (κ3) is 7.82. The van der Waals surface area contributed by atoms with Gasteiger partial charge in [0.15, 0.2) is 6.29 Å². The van der Waals surface area contributed by atoms with Crippen LogP contribution in [0.1, 0.15) is 33.5 Å². The molecule has 1 aliphatic carbocycles. The first-order valence-corrected chi connectivity index (χ1v) is 16.7. The maximum Gasteiger partial charge on any atom is 0.339 e. The number of carbonyl (C=O) groups is 2. The summed E-state index contributed by atoms with van der Waals surface area (Å²) in [6, 6.07) is 25.5. The van der Waals surface area contributed by atoms with Gasteiger partial charge in [-0.2, -0.15) is 0 Å². The standard InChI is InChI=1S/C38H41NO12/c40-18-17-39-35(45)24-20-28(34-29(21-24)50-38(51-34,25-12-3-1-4-13-25)26-14-5-2-6-15-26)48-36(46)27-16-8-7-10-23(27)11-9-19-47-37-33(44)32(43)31(42)30(22-41)49-37/h1-16,21,28-34,37,40-44H,17-20,22H2,(H,39,45). The second kappa shape index (κ2) is 16.4. The van der Waals surface area contributed by atoms with Crippen molar-refractivity contribution in [2.45, 2.75) is 61.2 Å². The van der Waals surface area contributed by atoms with Crippen molar-refractivity contribution in [3.05, 3.63) is 125 Å². The summed E-state index contributed by atoms with van der Waals surface area (Å²) in [4.78, 5) is 27.0. The Labute approximate surface area is 294 Å². The molecular weight excluding hydrogens is 662 g/mol. The molecule has 0 spiro atoms. The normalized spacial score (nSPS) is 28.5. The molecule has 8 atom stereocenters. The molecular formula is C38H41NO12. The molecule has 6 rings (SSSR count). The number of hydrogen-bond donors (Lipinski definition) is 6. The van der Waals surface area contributed by atoms with Crippen LogP contribution in [0.2, 0.25) is 0 Å². The van der Waals surface area contributed by atoms with Gasteiger partial charge in [0.25, 0.3) is 0 Å². The van der Waals surface area contributed by atoms with Crippen LogP contribution in [0.15, 0.2) is 103 Å². The van der Waals surface area contributed by atoms with Crippen LogP contribution in [0.3, 0.4) is 0 Å². The van der Waals surface area contributed by atoms with Crippen LogP contribution in [0, 0.1) is 0 Å². The van der Waals surface area contributed by atoms with Crippen molar-refractivity contribution in [1.82, 2.24) is 5.32 Å². The molecule has 0 bridgehead atoms. The van der Waals surface area contributed by atoms with Crippen LogP contribution in [0.4, 0.5) is 0 Å². The number of esters is 1. The van der Waals surface area contributed by atoms with Crippen molar-refractivity contribution in [1.29, 1.82) is 0 Å². The molecule has 2 aliphatic heterocycles. The smallest absolute Gasteiger partial charge is 0.339 e. The maximum atomic E-state index is 13.9. The first-order chi connectivity index (χ1) is 24.8. The Morgan fingerprint density at radius 2 is 1.53 bits per heavy atom. The monoisotopic (exact) mass is 703 g/mol. The van der Waals surface area contributed by atoms with E-state index in [9.17, 15) is 35.1 Å². The topological polar surface area (TPSA) is 193 Å². The van der Waals surface area contributed by atoms with Crippen LogP contribution >= 0.6 is 0 Å². The predicted molar refractivity (Wildman–Crippen MR) is 181 cm³/mol. The molecule has 0 aromatic heterocycles. The number of amides is 1. The average molecular weight is 704 g/mol. The molecule has 270 valence electrons. The molecule has 13 nitrogen and oxygen atoms in total. The Balaban J connectivity index is 1.22. The third-order valence-electron chi connectivity index (χ3n) is 9.02. The zero-order valence-electron chi connectivity index (χ0n) is 27.6. The van der Waals surface area contributed by atoms with Crippen LogP contribution < -0.4 is 5.32 Å². The summed E-state index contributed by atoms with van der Waals surface area (Å²) in [6.45, 7) is -0.891. The van der Waals surface area contributed by atoms with E-state index < -0.39 is 73.3 Å². The number of aliphatic hydroxyl groups excluding tert-OH is 5. The molecule has 2 fully saturated rings. The molecule has 2 heterocycles. The second-order valence-electron chi connectivity index (χ2n) is 12.4. The Bertz CT molecular complexity index is 1660. The summed E-state index contributed by atoms with van der Waals surface area (Å²) in [5.74, 6) is -2.46. The fourth-order valence-corrected chi connectivity index (χ4v) is 6.43. The Hall–Kier alpha value is -4.28. The largest absolute Gasteiger partial charge is 0.456 e. The molecule has 1 amide bonds. The zero-order valence-corrected chi connectivity index (χ0v) is 27.6. The van der Waals surface area contributed by atoms with E-state index in [0.29, 0.717) is 11.1 Å². The van der Waals surface area contributed by atoms with Crippen LogP contribution in [0.25, 0.3) is 6.08 Å². The maximum absolute atomic E-state index is 13.9. The molecule has 3 aromatic rings. The van der Waals surface area contributed by atoms with Crippen molar-refractivity contribution in [2.75, 3.05) is 26.4 Å². The van der Waals surface area contributed by atoms with Gasteiger partial charge in [-0.15, -0.1) is 0 Å². The molecule has 6 N–H and O–H groups in total. The summed E-state index contributed by atoms with van der Waals surface area (Å²) in [5, 5.41) is 51.7. The van der Waals surface area contributed by atoms with E-state index in [1.54, 1.807) is 42.5 Å². The molecule has 3 aromatic carbocycles. The summed E-state index contributed by atoms with van der Waals surface area (Å²) >= 11 is 0. The number of ether oxygens (including phenoxy) is 5. The highest BCUT2D eigenvalue weighted by Gasteiger charge is 2.55. The third-order valence-corrected chi connectivity index (χ3v) is 9.02. The predicted octanol–water partition coefficient (Wildman–Crippen LogP) is 1.17. The highest BCUT2D eigenvalue weighted by atomic mass is 16.8. The first-order valence-electron chi connectivity index (χ1n) is 16.7. The van der Waals surface area contributed by atoms with Gasteiger partial charge < -0.3 is 54.5 Å². The SMILES string of the molecule is O=C(NCCO)C1=CC2OC(c3ccccc3)(c3ccccc3)OC2C(OC(=O)c2ccccc2C=CCOC2OC(CO)C(O)C(O)C2O)C1. The van der Waals surface area contributed by atoms with Gasteiger partial charge in [-0.1, -0.05) is 91.0 Å². The van der Waals surface area contributed by atoms with Crippen molar-refractivity contribution in [3.63, 3.8) is 0 Å². The lowest BCUT2D eigenvalue weighted by molar-refractivity contribution is -0.298. The van der Waals surface area contributed by atoms with Crippen LogP contribution in [-0.2, 0) is 34.3 Å². The fourth-order valence-electron chi connectivity index (χ4n) is 6.43. The van der Waals surface area contributed by atoms with E-state index in [4.69, 9.17) is 23.7 Å².